The highest BCUT2D eigenvalue weighted by molar-refractivity contribution is 5.81. The van der Waals surface area contributed by atoms with Crippen LogP contribution in [0.2, 0.25) is 0 Å². The molecule has 6 heteroatoms. The molecule has 0 radical (unpaired) electrons. The van der Waals surface area contributed by atoms with Crippen molar-refractivity contribution in [1.29, 1.82) is 5.26 Å². The molecule has 0 aliphatic carbocycles. The first kappa shape index (κ1) is 15.9. The van der Waals surface area contributed by atoms with Gasteiger partial charge in [-0.15, -0.1) is 0 Å². The average molecular weight is 315 g/mol. The summed E-state index contributed by atoms with van der Waals surface area (Å²) < 4.78 is 5.28. The number of aliphatic hydroxyl groups is 1. The monoisotopic (exact) mass is 315 g/mol. The van der Waals surface area contributed by atoms with Gasteiger partial charge in [0.1, 0.15) is 6.04 Å². The summed E-state index contributed by atoms with van der Waals surface area (Å²) in [5.74, 6) is -0.218. The standard InChI is InChI=1S/C17H21N3O3/c18-10-14-17(13-4-2-1-3-5-13)15(12-21)20(14)16(22)11-19-6-8-23-9-7-19/h1-5,14-15,17,21H,6-9,11-12H2/t14-,15-,17-/m0/s1. The van der Waals surface area contributed by atoms with Gasteiger partial charge in [-0.3, -0.25) is 9.69 Å². The molecule has 1 N–H and O–H groups in total. The van der Waals surface area contributed by atoms with Gasteiger partial charge in [0, 0.05) is 19.0 Å². The number of benzene rings is 1. The zero-order valence-corrected chi connectivity index (χ0v) is 13.0. The second-order valence-electron chi connectivity index (χ2n) is 5.95. The van der Waals surface area contributed by atoms with Crippen molar-refractivity contribution < 1.29 is 14.6 Å². The number of carbonyl (C=O) groups is 1. The Morgan fingerprint density at radius 3 is 2.61 bits per heavy atom. The van der Waals surface area contributed by atoms with Gasteiger partial charge in [-0.25, -0.2) is 0 Å². The molecule has 3 atom stereocenters. The van der Waals surface area contributed by atoms with Crippen LogP contribution in [0.4, 0.5) is 0 Å². The fourth-order valence-electron chi connectivity index (χ4n) is 3.46. The summed E-state index contributed by atoms with van der Waals surface area (Å²) >= 11 is 0. The van der Waals surface area contributed by atoms with Crippen LogP contribution in [0.1, 0.15) is 11.5 Å². The number of ether oxygens (including phenoxy) is 1. The third-order valence-electron chi connectivity index (χ3n) is 4.67. The van der Waals surface area contributed by atoms with Crippen LogP contribution in [-0.4, -0.2) is 72.4 Å². The second-order valence-corrected chi connectivity index (χ2v) is 5.95. The Balaban J connectivity index is 1.71. The summed E-state index contributed by atoms with van der Waals surface area (Å²) in [5.41, 5.74) is 0.994. The quantitative estimate of drug-likeness (QED) is 0.859. The van der Waals surface area contributed by atoms with Gasteiger partial charge in [-0.05, 0) is 5.56 Å². The third-order valence-corrected chi connectivity index (χ3v) is 4.67. The van der Waals surface area contributed by atoms with Gasteiger partial charge >= 0.3 is 0 Å². The van der Waals surface area contributed by atoms with Crippen molar-refractivity contribution in [2.45, 2.75) is 18.0 Å². The number of nitriles is 1. The second kappa shape index (κ2) is 7.09. The third kappa shape index (κ3) is 3.08. The Hall–Kier alpha value is -1.94. The van der Waals surface area contributed by atoms with E-state index < -0.39 is 6.04 Å². The first-order chi connectivity index (χ1) is 11.3. The highest BCUT2D eigenvalue weighted by Crippen LogP contribution is 2.40. The van der Waals surface area contributed by atoms with Gasteiger partial charge in [-0.1, -0.05) is 30.3 Å². The molecule has 0 unspecified atom stereocenters. The van der Waals surface area contributed by atoms with Crippen molar-refractivity contribution >= 4 is 5.91 Å². The smallest absolute Gasteiger partial charge is 0.238 e. The van der Waals surface area contributed by atoms with Crippen molar-refractivity contribution in [2.24, 2.45) is 0 Å². The van der Waals surface area contributed by atoms with Gasteiger partial charge in [0.25, 0.3) is 0 Å². The predicted molar refractivity (Wildman–Crippen MR) is 83.6 cm³/mol. The Morgan fingerprint density at radius 2 is 2.00 bits per heavy atom. The summed E-state index contributed by atoms with van der Waals surface area (Å²) in [4.78, 5) is 16.2. The molecule has 2 aliphatic heterocycles. The maximum atomic E-state index is 12.6. The molecule has 2 heterocycles. The van der Waals surface area contributed by atoms with E-state index >= 15 is 0 Å². The topological polar surface area (TPSA) is 76.8 Å². The number of rotatable bonds is 4. The lowest BCUT2D eigenvalue weighted by molar-refractivity contribution is -0.149. The maximum Gasteiger partial charge on any atom is 0.238 e. The van der Waals surface area contributed by atoms with E-state index in [1.165, 1.54) is 0 Å². The molecule has 122 valence electrons. The van der Waals surface area contributed by atoms with E-state index in [1.54, 1.807) is 4.90 Å². The molecular weight excluding hydrogens is 294 g/mol. The van der Waals surface area contributed by atoms with Crippen LogP contribution in [0, 0.1) is 11.3 Å². The zero-order valence-electron chi connectivity index (χ0n) is 13.0. The highest BCUT2D eigenvalue weighted by Gasteiger charge is 2.51. The van der Waals surface area contributed by atoms with Crippen LogP contribution in [0.25, 0.3) is 0 Å². The zero-order chi connectivity index (χ0) is 16.2. The van der Waals surface area contributed by atoms with Crippen LogP contribution in [0.15, 0.2) is 30.3 Å². The molecule has 6 nitrogen and oxygen atoms in total. The first-order valence-electron chi connectivity index (χ1n) is 7.93. The van der Waals surface area contributed by atoms with Crippen molar-refractivity contribution in [3.63, 3.8) is 0 Å². The SMILES string of the molecule is N#C[C@H]1[C@H](c2ccccc2)[C@H](CO)N1C(=O)CN1CCOCC1. The van der Waals surface area contributed by atoms with Gasteiger partial charge < -0.3 is 14.7 Å². The van der Waals surface area contributed by atoms with Crippen molar-refractivity contribution in [3.05, 3.63) is 35.9 Å². The molecule has 1 amide bonds. The maximum absolute atomic E-state index is 12.6. The molecule has 0 saturated carbocycles. The number of nitrogens with zero attached hydrogens (tertiary/aromatic N) is 3. The molecule has 2 fully saturated rings. The van der Waals surface area contributed by atoms with Crippen molar-refractivity contribution in [3.8, 4) is 6.07 Å². The van der Waals surface area contributed by atoms with Crippen LogP contribution >= 0.6 is 0 Å². The minimum Gasteiger partial charge on any atom is -0.394 e. The number of hydrogen-bond donors (Lipinski definition) is 1. The van der Waals surface area contributed by atoms with E-state index in [0.717, 1.165) is 18.7 Å². The fourth-order valence-corrected chi connectivity index (χ4v) is 3.46. The molecule has 1 aromatic rings. The summed E-state index contributed by atoms with van der Waals surface area (Å²) in [6.45, 7) is 2.85. The normalized spacial score (nSPS) is 28.0. The minimum absolute atomic E-state index is 0.0929. The molecular formula is C17H21N3O3. The lowest BCUT2D eigenvalue weighted by atomic mass is 9.75. The average Bonchev–Trinajstić information content (AvgIpc) is 2.56. The van der Waals surface area contributed by atoms with E-state index in [4.69, 9.17) is 4.74 Å². The van der Waals surface area contributed by atoms with E-state index in [0.29, 0.717) is 13.2 Å². The molecule has 0 spiro atoms. The lowest BCUT2D eigenvalue weighted by Crippen LogP contribution is -2.66. The molecule has 3 rings (SSSR count). The van der Waals surface area contributed by atoms with E-state index in [2.05, 4.69) is 6.07 Å². The van der Waals surface area contributed by atoms with E-state index in [1.807, 2.05) is 35.2 Å². The van der Waals surface area contributed by atoms with Crippen LogP contribution in [0.3, 0.4) is 0 Å². The summed E-state index contributed by atoms with van der Waals surface area (Å²) in [6.07, 6.45) is 0. The molecule has 23 heavy (non-hydrogen) atoms. The number of aliphatic hydroxyl groups excluding tert-OH is 1. The Kier molecular flexibility index (Phi) is 4.91. The fraction of sp³-hybridized carbons (Fsp3) is 0.529. The minimum atomic E-state index is -0.511. The van der Waals surface area contributed by atoms with Crippen LogP contribution in [0.5, 0.6) is 0 Å². The lowest BCUT2D eigenvalue weighted by Gasteiger charge is -2.52. The Labute approximate surface area is 135 Å². The summed E-state index contributed by atoms with van der Waals surface area (Å²) in [6, 6.07) is 11.0. The summed E-state index contributed by atoms with van der Waals surface area (Å²) in [7, 11) is 0. The number of carbonyl (C=O) groups excluding carboxylic acids is 1. The van der Waals surface area contributed by atoms with Gasteiger partial charge in [-0.2, -0.15) is 5.26 Å². The molecule has 1 aromatic carbocycles. The van der Waals surface area contributed by atoms with Crippen molar-refractivity contribution in [2.75, 3.05) is 39.5 Å². The van der Waals surface area contributed by atoms with Gasteiger partial charge in [0.15, 0.2) is 0 Å². The first-order valence-corrected chi connectivity index (χ1v) is 7.93. The van der Waals surface area contributed by atoms with Crippen molar-refractivity contribution in [1.82, 2.24) is 9.80 Å². The predicted octanol–water partition coefficient (Wildman–Crippen LogP) is 0.198. The van der Waals surface area contributed by atoms with E-state index in [9.17, 15) is 15.2 Å². The van der Waals surface area contributed by atoms with Gasteiger partial charge in [0.2, 0.25) is 5.91 Å². The largest absolute Gasteiger partial charge is 0.394 e. The van der Waals surface area contributed by atoms with E-state index in [-0.39, 0.29) is 31.0 Å². The van der Waals surface area contributed by atoms with Crippen LogP contribution in [-0.2, 0) is 9.53 Å². The Bertz CT molecular complexity index is 580. The summed E-state index contributed by atoms with van der Waals surface area (Å²) in [5, 5.41) is 19.2. The van der Waals surface area contributed by atoms with Gasteiger partial charge in [0.05, 0.1) is 38.5 Å². The molecule has 2 saturated heterocycles. The number of morpholine rings is 1. The van der Waals surface area contributed by atoms with Crippen LogP contribution < -0.4 is 0 Å². The number of likely N-dealkylation sites (tertiary alicyclic amines) is 1. The number of amides is 1. The number of hydrogen-bond acceptors (Lipinski definition) is 5. The highest BCUT2D eigenvalue weighted by atomic mass is 16.5. The molecule has 2 aliphatic rings. The molecule has 0 aromatic heterocycles. The Morgan fingerprint density at radius 1 is 1.30 bits per heavy atom. The molecule has 0 bridgehead atoms.